The molecular formula is C13H21NO4. The monoisotopic (exact) mass is 255 g/mol. The van der Waals surface area contributed by atoms with Crippen LogP contribution < -0.4 is 0 Å². The molecule has 0 aromatic heterocycles. The van der Waals surface area contributed by atoms with Gasteiger partial charge in [0.2, 0.25) is 0 Å². The Morgan fingerprint density at radius 1 is 1.39 bits per heavy atom. The molecule has 1 amide bonds. The number of carbonyl (C=O) groups excluding carboxylic acids is 1. The van der Waals surface area contributed by atoms with Crippen LogP contribution in [0.4, 0.5) is 0 Å². The molecule has 3 atom stereocenters. The van der Waals surface area contributed by atoms with Crippen LogP contribution in [-0.2, 0) is 14.3 Å². The highest BCUT2D eigenvalue weighted by molar-refractivity contribution is 5.89. The highest BCUT2D eigenvalue weighted by Gasteiger charge is 2.46. The average Bonchev–Trinajstić information content (AvgIpc) is 2.75. The van der Waals surface area contributed by atoms with E-state index >= 15 is 0 Å². The Bertz CT molecular complexity index is 349. The number of piperidine rings is 1. The molecule has 2 aliphatic heterocycles. The van der Waals surface area contributed by atoms with Gasteiger partial charge in [0.1, 0.15) is 11.6 Å². The number of aliphatic carboxylic acids is 1. The fourth-order valence-electron chi connectivity index (χ4n) is 3.04. The van der Waals surface area contributed by atoms with Gasteiger partial charge in [-0.25, -0.2) is 4.79 Å². The van der Waals surface area contributed by atoms with Gasteiger partial charge < -0.3 is 14.7 Å². The first-order valence-electron chi connectivity index (χ1n) is 6.63. The minimum absolute atomic E-state index is 0.00482. The van der Waals surface area contributed by atoms with Crippen molar-refractivity contribution in [2.75, 3.05) is 13.2 Å². The van der Waals surface area contributed by atoms with Crippen molar-refractivity contribution in [3.05, 3.63) is 0 Å². The molecule has 102 valence electrons. The molecule has 2 rings (SSSR count). The van der Waals surface area contributed by atoms with Crippen LogP contribution in [0, 0.1) is 5.92 Å². The van der Waals surface area contributed by atoms with Crippen LogP contribution in [0.25, 0.3) is 0 Å². The number of amides is 1. The van der Waals surface area contributed by atoms with Gasteiger partial charge in [-0.3, -0.25) is 4.79 Å². The van der Waals surface area contributed by atoms with Gasteiger partial charge in [0.15, 0.2) is 0 Å². The van der Waals surface area contributed by atoms with Crippen molar-refractivity contribution >= 4 is 11.9 Å². The van der Waals surface area contributed by atoms with Crippen LogP contribution in [0.2, 0.25) is 0 Å². The topological polar surface area (TPSA) is 66.8 Å². The number of hydrogen-bond acceptors (Lipinski definition) is 3. The van der Waals surface area contributed by atoms with E-state index in [1.165, 1.54) is 4.90 Å². The summed E-state index contributed by atoms with van der Waals surface area (Å²) in [6.45, 7) is 4.79. The summed E-state index contributed by atoms with van der Waals surface area (Å²) in [5, 5.41) is 9.32. The van der Waals surface area contributed by atoms with Gasteiger partial charge in [-0.2, -0.15) is 0 Å². The maximum absolute atomic E-state index is 12.5. The third-order valence-corrected chi connectivity index (χ3v) is 4.12. The predicted molar refractivity (Wildman–Crippen MR) is 65.1 cm³/mol. The Morgan fingerprint density at radius 3 is 2.67 bits per heavy atom. The third kappa shape index (κ3) is 2.23. The number of carboxylic acid groups (broad SMARTS) is 1. The van der Waals surface area contributed by atoms with Gasteiger partial charge in [-0.15, -0.1) is 0 Å². The van der Waals surface area contributed by atoms with Crippen LogP contribution in [0.1, 0.15) is 39.5 Å². The van der Waals surface area contributed by atoms with Gasteiger partial charge >= 0.3 is 5.97 Å². The third-order valence-electron chi connectivity index (χ3n) is 4.12. The molecule has 0 radical (unpaired) electrons. The second-order valence-corrected chi connectivity index (χ2v) is 5.58. The van der Waals surface area contributed by atoms with E-state index in [1.54, 1.807) is 6.92 Å². The summed E-state index contributed by atoms with van der Waals surface area (Å²) in [6.07, 6.45) is 3.28. The van der Waals surface area contributed by atoms with Crippen LogP contribution in [0.3, 0.4) is 0 Å². The molecule has 0 aromatic carbocycles. The largest absolute Gasteiger partial charge is 0.480 e. The number of nitrogens with zero attached hydrogens (tertiary/aromatic N) is 1. The van der Waals surface area contributed by atoms with Crippen molar-refractivity contribution in [2.45, 2.75) is 51.2 Å². The van der Waals surface area contributed by atoms with Gasteiger partial charge in [-0.05, 0) is 38.5 Å². The Morgan fingerprint density at radius 2 is 2.11 bits per heavy atom. The fraction of sp³-hybridized carbons (Fsp3) is 0.846. The van der Waals surface area contributed by atoms with E-state index < -0.39 is 17.6 Å². The number of hydrogen-bond donors (Lipinski definition) is 1. The Balaban J connectivity index is 2.19. The molecule has 0 spiro atoms. The summed E-state index contributed by atoms with van der Waals surface area (Å²) in [5.74, 6) is -1.05. The Kier molecular flexibility index (Phi) is 3.61. The van der Waals surface area contributed by atoms with Gasteiger partial charge in [0, 0.05) is 13.2 Å². The molecule has 3 unspecified atom stereocenters. The highest BCUT2D eigenvalue weighted by Crippen LogP contribution is 2.32. The Labute approximate surface area is 107 Å². The van der Waals surface area contributed by atoms with Gasteiger partial charge in [-0.1, -0.05) is 6.92 Å². The summed E-state index contributed by atoms with van der Waals surface area (Å²) in [7, 11) is 0. The first kappa shape index (κ1) is 13.3. The zero-order valence-electron chi connectivity index (χ0n) is 11.0. The zero-order chi connectivity index (χ0) is 13.3. The summed E-state index contributed by atoms with van der Waals surface area (Å²) in [5.41, 5.74) is -0.815. The summed E-state index contributed by atoms with van der Waals surface area (Å²) in [6, 6.07) is -0.702. The standard InChI is InChI=1S/C13H21NO4/c1-9-5-3-7-14(10(9)11(15)16)12(17)13(2)6-4-8-18-13/h9-10H,3-8H2,1-2H3,(H,15,16). The molecule has 0 aromatic rings. The van der Waals surface area contributed by atoms with E-state index in [4.69, 9.17) is 4.74 Å². The SMILES string of the molecule is CC1CCCN(C(=O)C2(C)CCCO2)C1C(=O)O. The van der Waals surface area contributed by atoms with Crippen LogP contribution in [0.15, 0.2) is 0 Å². The lowest BCUT2D eigenvalue weighted by atomic mass is 9.88. The number of ether oxygens (including phenoxy) is 1. The quantitative estimate of drug-likeness (QED) is 0.807. The number of likely N-dealkylation sites (tertiary alicyclic amines) is 1. The maximum atomic E-state index is 12.5. The molecule has 2 aliphatic rings. The number of carbonyl (C=O) groups is 2. The van der Waals surface area contributed by atoms with Crippen molar-refractivity contribution in [1.82, 2.24) is 4.90 Å². The first-order valence-corrected chi connectivity index (χ1v) is 6.63. The van der Waals surface area contributed by atoms with Crippen LogP contribution in [0.5, 0.6) is 0 Å². The smallest absolute Gasteiger partial charge is 0.326 e. The van der Waals surface area contributed by atoms with Crippen molar-refractivity contribution < 1.29 is 19.4 Å². The van der Waals surface area contributed by atoms with Crippen molar-refractivity contribution in [3.8, 4) is 0 Å². The first-order chi connectivity index (χ1) is 8.46. The number of carboxylic acids is 1. The maximum Gasteiger partial charge on any atom is 0.326 e. The molecule has 1 N–H and O–H groups in total. The van der Waals surface area contributed by atoms with E-state index in [0.717, 1.165) is 19.3 Å². The van der Waals surface area contributed by atoms with Crippen LogP contribution in [-0.4, -0.2) is 46.7 Å². The summed E-state index contributed by atoms with van der Waals surface area (Å²) < 4.78 is 5.53. The normalized spacial score (nSPS) is 36.7. The van der Waals surface area contributed by atoms with E-state index in [1.807, 2.05) is 6.92 Å². The molecular weight excluding hydrogens is 234 g/mol. The molecule has 18 heavy (non-hydrogen) atoms. The second kappa shape index (κ2) is 4.88. The van der Waals surface area contributed by atoms with Crippen molar-refractivity contribution in [1.29, 1.82) is 0 Å². The lowest BCUT2D eigenvalue weighted by Crippen LogP contribution is -2.57. The molecule has 0 aliphatic carbocycles. The molecule has 0 bridgehead atoms. The second-order valence-electron chi connectivity index (χ2n) is 5.58. The molecule has 0 saturated carbocycles. The van der Waals surface area contributed by atoms with Crippen molar-refractivity contribution in [2.24, 2.45) is 5.92 Å². The summed E-state index contributed by atoms with van der Waals surface area (Å²) in [4.78, 5) is 25.4. The highest BCUT2D eigenvalue weighted by atomic mass is 16.5. The summed E-state index contributed by atoms with van der Waals surface area (Å²) >= 11 is 0. The average molecular weight is 255 g/mol. The Hall–Kier alpha value is -1.10. The minimum atomic E-state index is -0.905. The molecule has 2 fully saturated rings. The lowest BCUT2D eigenvalue weighted by Gasteiger charge is -2.40. The molecule has 2 heterocycles. The van der Waals surface area contributed by atoms with E-state index in [2.05, 4.69) is 0 Å². The van der Waals surface area contributed by atoms with E-state index in [0.29, 0.717) is 19.6 Å². The number of rotatable bonds is 2. The molecule has 5 heteroatoms. The van der Waals surface area contributed by atoms with E-state index in [-0.39, 0.29) is 11.8 Å². The van der Waals surface area contributed by atoms with Crippen molar-refractivity contribution in [3.63, 3.8) is 0 Å². The lowest BCUT2D eigenvalue weighted by molar-refractivity contribution is -0.165. The van der Waals surface area contributed by atoms with E-state index in [9.17, 15) is 14.7 Å². The van der Waals surface area contributed by atoms with Crippen LogP contribution >= 0.6 is 0 Å². The van der Waals surface area contributed by atoms with Gasteiger partial charge in [0.05, 0.1) is 0 Å². The predicted octanol–water partition coefficient (Wildman–Crippen LogP) is 1.27. The minimum Gasteiger partial charge on any atom is -0.480 e. The molecule has 2 saturated heterocycles. The molecule has 5 nitrogen and oxygen atoms in total. The zero-order valence-corrected chi connectivity index (χ0v) is 11.0. The van der Waals surface area contributed by atoms with Gasteiger partial charge in [0.25, 0.3) is 5.91 Å². The fourth-order valence-corrected chi connectivity index (χ4v) is 3.04.